The van der Waals surface area contributed by atoms with E-state index in [2.05, 4.69) is 31.2 Å². The third kappa shape index (κ3) is 3.18. The lowest BCUT2D eigenvalue weighted by atomic mass is 9.84. The highest BCUT2D eigenvalue weighted by molar-refractivity contribution is 6.22. The van der Waals surface area contributed by atoms with E-state index >= 15 is 0 Å². The molecule has 0 N–H and O–H groups in total. The van der Waals surface area contributed by atoms with Crippen LogP contribution in [-0.4, -0.2) is 0 Å². The summed E-state index contributed by atoms with van der Waals surface area (Å²) in [5, 5.41) is -0.112. The number of hydrogen-bond acceptors (Lipinski definition) is 1. The first-order valence-corrected chi connectivity index (χ1v) is 8.53. The van der Waals surface area contributed by atoms with Crippen molar-refractivity contribution in [3.63, 3.8) is 0 Å². The van der Waals surface area contributed by atoms with Gasteiger partial charge in [-0.3, -0.25) is 0 Å². The Morgan fingerprint density at radius 3 is 2.48 bits per heavy atom. The normalized spacial score (nSPS) is 17.8. The molecule has 1 heterocycles. The maximum absolute atomic E-state index is 6.64. The smallest absolute Gasteiger partial charge is 0.108 e. The van der Waals surface area contributed by atoms with Gasteiger partial charge in [-0.1, -0.05) is 50.5 Å². The SMILES string of the molecule is CCc1occc1C(Cl)c1ccc(C2CCCCC2)cc1. The van der Waals surface area contributed by atoms with Crippen LogP contribution in [0.5, 0.6) is 0 Å². The largest absolute Gasteiger partial charge is 0.469 e. The summed E-state index contributed by atoms with van der Waals surface area (Å²) in [6, 6.07) is 10.9. The summed E-state index contributed by atoms with van der Waals surface area (Å²) in [7, 11) is 0. The second kappa shape index (κ2) is 6.70. The highest BCUT2D eigenvalue weighted by atomic mass is 35.5. The molecule has 1 aliphatic rings. The van der Waals surface area contributed by atoms with Gasteiger partial charge in [0.05, 0.1) is 11.6 Å². The minimum Gasteiger partial charge on any atom is -0.469 e. The fraction of sp³-hybridized carbons (Fsp3) is 0.474. The van der Waals surface area contributed by atoms with E-state index < -0.39 is 0 Å². The third-order valence-electron chi connectivity index (χ3n) is 4.68. The molecular formula is C19H23ClO. The summed E-state index contributed by atoms with van der Waals surface area (Å²) < 4.78 is 5.49. The molecule has 0 spiro atoms. The molecular weight excluding hydrogens is 280 g/mol. The summed E-state index contributed by atoms with van der Waals surface area (Å²) in [6.45, 7) is 2.10. The van der Waals surface area contributed by atoms with Crippen LogP contribution in [0.3, 0.4) is 0 Å². The van der Waals surface area contributed by atoms with Gasteiger partial charge in [-0.15, -0.1) is 11.6 Å². The lowest BCUT2D eigenvalue weighted by molar-refractivity contribution is 0.443. The van der Waals surface area contributed by atoms with Gasteiger partial charge in [0.2, 0.25) is 0 Å². The topological polar surface area (TPSA) is 13.1 Å². The minimum absolute atomic E-state index is 0.112. The van der Waals surface area contributed by atoms with Crippen molar-refractivity contribution in [2.75, 3.05) is 0 Å². The van der Waals surface area contributed by atoms with Gasteiger partial charge in [-0.25, -0.2) is 0 Å². The van der Waals surface area contributed by atoms with Crippen molar-refractivity contribution < 1.29 is 4.42 Å². The van der Waals surface area contributed by atoms with Crippen LogP contribution < -0.4 is 0 Å². The van der Waals surface area contributed by atoms with E-state index in [1.54, 1.807) is 6.26 Å². The lowest BCUT2D eigenvalue weighted by Gasteiger charge is -2.22. The Labute approximate surface area is 132 Å². The van der Waals surface area contributed by atoms with E-state index in [4.69, 9.17) is 16.0 Å². The van der Waals surface area contributed by atoms with Crippen LogP contribution in [0.1, 0.15) is 72.8 Å². The van der Waals surface area contributed by atoms with Crippen LogP contribution in [0.25, 0.3) is 0 Å². The van der Waals surface area contributed by atoms with E-state index in [1.165, 1.54) is 37.7 Å². The molecule has 1 unspecified atom stereocenters. The fourth-order valence-electron chi connectivity index (χ4n) is 3.42. The molecule has 1 aromatic carbocycles. The van der Waals surface area contributed by atoms with Crippen molar-refractivity contribution in [3.05, 3.63) is 59.0 Å². The van der Waals surface area contributed by atoms with Gasteiger partial charge in [-0.05, 0) is 36.0 Å². The van der Waals surface area contributed by atoms with Gasteiger partial charge in [0.1, 0.15) is 5.76 Å². The quantitative estimate of drug-likeness (QED) is 0.611. The van der Waals surface area contributed by atoms with Crippen molar-refractivity contribution in [2.24, 2.45) is 0 Å². The molecule has 1 atom stereocenters. The van der Waals surface area contributed by atoms with Gasteiger partial charge in [0.15, 0.2) is 0 Å². The molecule has 0 amide bonds. The number of alkyl halides is 1. The second-order valence-corrected chi connectivity index (χ2v) is 6.45. The molecule has 2 heteroatoms. The molecule has 1 saturated carbocycles. The first-order valence-electron chi connectivity index (χ1n) is 8.09. The molecule has 0 saturated heterocycles. The Kier molecular flexibility index (Phi) is 4.70. The second-order valence-electron chi connectivity index (χ2n) is 6.02. The number of rotatable bonds is 4. The van der Waals surface area contributed by atoms with Crippen LogP contribution >= 0.6 is 11.6 Å². The highest BCUT2D eigenvalue weighted by Gasteiger charge is 2.18. The van der Waals surface area contributed by atoms with E-state index in [0.29, 0.717) is 0 Å². The molecule has 1 aromatic heterocycles. The summed E-state index contributed by atoms with van der Waals surface area (Å²) >= 11 is 6.64. The molecule has 2 aromatic rings. The molecule has 3 rings (SSSR count). The molecule has 112 valence electrons. The van der Waals surface area contributed by atoms with E-state index in [-0.39, 0.29) is 5.38 Å². The lowest BCUT2D eigenvalue weighted by Crippen LogP contribution is -2.04. The molecule has 1 aliphatic carbocycles. The number of benzene rings is 1. The maximum atomic E-state index is 6.64. The third-order valence-corrected chi connectivity index (χ3v) is 5.17. The van der Waals surface area contributed by atoms with Crippen LogP contribution in [0.15, 0.2) is 41.0 Å². The van der Waals surface area contributed by atoms with Crippen molar-refractivity contribution in [3.8, 4) is 0 Å². The average molecular weight is 303 g/mol. The van der Waals surface area contributed by atoms with Gasteiger partial charge < -0.3 is 4.42 Å². The van der Waals surface area contributed by atoms with E-state index in [0.717, 1.165) is 29.2 Å². The van der Waals surface area contributed by atoms with Crippen molar-refractivity contribution in [1.29, 1.82) is 0 Å². The van der Waals surface area contributed by atoms with Crippen molar-refractivity contribution in [1.82, 2.24) is 0 Å². The Balaban J connectivity index is 1.77. The molecule has 0 bridgehead atoms. The Morgan fingerprint density at radius 1 is 1.10 bits per heavy atom. The zero-order valence-electron chi connectivity index (χ0n) is 12.6. The van der Waals surface area contributed by atoms with Crippen LogP contribution in [0.2, 0.25) is 0 Å². The van der Waals surface area contributed by atoms with Gasteiger partial charge in [0, 0.05) is 12.0 Å². The van der Waals surface area contributed by atoms with Crippen molar-refractivity contribution in [2.45, 2.75) is 56.7 Å². The number of hydrogen-bond donors (Lipinski definition) is 0. The monoisotopic (exact) mass is 302 g/mol. The van der Waals surface area contributed by atoms with Gasteiger partial charge >= 0.3 is 0 Å². The standard InChI is InChI=1S/C19H23ClO/c1-2-18-17(12-13-21-18)19(20)16-10-8-15(9-11-16)14-6-4-3-5-7-14/h8-14,19H,2-7H2,1H3. The average Bonchev–Trinajstić information content (AvgIpc) is 3.04. The van der Waals surface area contributed by atoms with E-state index in [9.17, 15) is 0 Å². The Morgan fingerprint density at radius 2 is 1.81 bits per heavy atom. The first-order chi connectivity index (χ1) is 10.3. The Bertz CT molecular complexity index is 564. The molecule has 21 heavy (non-hydrogen) atoms. The maximum Gasteiger partial charge on any atom is 0.108 e. The van der Waals surface area contributed by atoms with Crippen LogP contribution in [-0.2, 0) is 6.42 Å². The Hall–Kier alpha value is -1.21. The summed E-state index contributed by atoms with van der Waals surface area (Å²) in [5.74, 6) is 1.74. The van der Waals surface area contributed by atoms with Gasteiger partial charge in [-0.2, -0.15) is 0 Å². The van der Waals surface area contributed by atoms with Crippen molar-refractivity contribution >= 4 is 11.6 Å². The number of aryl methyl sites for hydroxylation is 1. The molecule has 1 nitrogen and oxygen atoms in total. The zero-order chi connectivity index (χ0) is 14.7. The van der Waals surface area contributed by atoms with Crippen LogP contribution in [0, 0.1) is 0 Å². The molecule has 0 aliphatic heterocycles. The summed E-state index contributed by atoms with van der Waals surface area (Å²) in [5.41, 5.74) is 3.74. The van der Waals surface area contributed by atoms with E-state index in [1.807, 2.05) is 6.07 Å². The number of furan rings is 1. The van der Waals surface area contributed by atoms with Crippen LogP contribution in [0.4, 0.5) is 0 Å². The minimum atomic E-state index is -0.112. The fourth-order valence-corrected chi connectivity index (χ4v) is 3.76. The van der Waals surface area contributed by atoms with Gasteiger partial charge in [0.25, 0.3) is 0 Å². The predicted octanol–water partition coefficient (Wildman–Crippen LogP) is 6.22. The summed E-state index contributed by atoms with van der Waals surface area (Å²) in [6.07, 6.45) is 9.44. The predicted molar refractivity (Wildman–Crippen MR) is 88.1 cm³/mol. The molecule has 0 radical (unpaired) electrons. The zero-order valence-corrected chi connectivity index (χ0v) is 13.4. The molecule has 1 fully saturated rings. The summed E-state index contributed by atoms with van der Waals surface area (Å²) in [4.78, 5) is 0. The first kappa shape index (κ1) is 14.7. The highest BCUT2D eigenvalue weighted by Crippen LogP contribution is 2.35. The number of halogens is 1.